The number of nitrogens with zero attached hydrogens (tertiary/aromatic N) is 1. The Morgan fingerprint density at radius 1 is 1.24 bits per heavy atom. The van der Waals surface area contributed by atoms with Crippen LogP contribution in [0.25, 0.3) is 0 Å². The summed E-state index contributed by atoms with van der Waals surface area (Å²) >= 11 is 0. The second-order valence-electron chi connectivity index (χ2n) is 5.30. The zero-order chi connectivity index (χ0) is 15.7. The summed E-state index contributed by atoms with van der Waals surface area (Å²) in [6.45, 7) is 11.4. The van der Waals surface area contributed by atoms with E-state index in [1.807, 2.05) is 43.3 Å². The average molecular weight is 289 g/mol. The summed E-state index contributed by atoms with van der Waals surface area (Å²) < 4.78 is 5.77. The van der Waals surface area contributed by atoms with Gasteiger partial charge in [-0.3, -0.25) is 0 Å². The van der Waals surface area contributed by atoms with E-state index in [1.165, 1.54) is 0 Å². The van der Waals surface area contributed by atoms with Gasteiger partial charge in [-0.05, 0) is 18.4 Å². The van der Waals surface area contributed by atoms with E-state index >= 15 is 0 Å². The van der Waals surface area contributed by atoms with E-state index in [1.54, 1.807) is 4.90 Å². The second kappa shape index (κ2) is 9.22. The fourth-order valence-electron chi connectivity index (χ4n) is 2.26. The summed E-state index contributed by atoms with van der Waals surface area (Å²) in [6, 6.07) is 9.86. The van der Waals surface area contributed by atoms with E-state index in [2.05, 4.69) is 20.4 Å². The highest BCUT2D eigenvalue weighted by Gasteiger charge is 2.24. The predicted octanol–water partition coefficient (Wildman–Crippen LogP) is 4.81. The molecule has 0 N–H and O–H groups in total. The quantitative estimate of drug-likeness (QED) is 0.643. The first-order valence-corrected chi connectivity index (χ1v) is 7.77. The molecule has 1 rings (SSSR count). The summed E-state index contributed by atoms with van der Waals surface area (Å²) in [5.74, 6) is 0.0708. The van der Waals surface area contributed by atoms with Crippen molar-refractivity contribution in [1.29, 1.82) is 0 Å². The van der Waals surface area contributed by atoms with Gasteiger partial charge in [-0.1, -0.05) is 57.2 Å². The molecule has 2 atom stereocenters. The lowest BCUT2D eigenvalue weighted by molar-refractivity contribution is 0.0465. The maximum atomic E-state index is 12.4. The molecule has 3 nitrogen and oxygen atoms in total. The van der Waals surface area contributed by atoms with Crippen LogP contribution in [-0.4, -0.2) is 24.1 Å². The van der Waals surface area contributed by atoms with Crippen molar-refractivity contribution in [3.63, 3.8) is 0 Å². The molecular weight excluding hydrogens is 262 g/mol. The Balaban J connectivity index is 2.85. The van der Waals surface area contributed by atoms with Crippen molar-refractivity contribution >= 4 is 6.09 Å². The van der Waals surface area contributed by atoms with E-state index in [4.69, 9.17) is 4.74 Å². The normalized spacial score (nSPS) is 13.3. The molecular formula is C18H27NO2. The van der Waals surface area contributed by atoms with Crippen molar-refractivity contribution < 1.29 is 9.53 Å². The maximum Gasteiger partial charge on any atom is 0.410 e. The molecule has 1 aromatic carbocycles. The van der Waals surface area contributed by atoms with Gasteiger partial charge < -0.3 is 9.64 Å². The number of hydrogen-bond acceptors (Lipinski definition) is 2. The van der Waals surface area contributed by atoms with Gasteiger partial charge in [0.2, 0.25) is 0 Å². The SMILES string of the molecule is C=C[C@H](C)[C@H](OC(=O)N(CCC)CCC)c1ccccc1. The lowest BCUT2D eigenvalue weighted by Gasteiger charge is -2.27. The molecule has 0 saturated heterocycles. The molecule has 116 valence electrons. The third kappa shape index (κ3) is 5.25. The summed E-state index contributed by atoms with van der Waals surface area (Å²) in [5, 5.41) is 0. The van der Waals surface area contributed by atoms with Crippen LogP contribution in [0.3, 0.4) is 0 Å². The first kappa shape index (κ1) is 17.3. The minimum Gasteiger partial charge on any atom is -0.441 e. The Labute approximate surface area is 128 Å². The summed E-state index contributed by atoms with van der Waals surface area (Å²) in [6.07, 6.45) is 3.17. The van der Waals surface area contributed by atoms with Crippen LogP contribution in [0, 0.1) is 5.92 Å². The fourth-order valence-corrected chi connectivity index (χ4v) is 2.26. The number of hydrogen-bond donors (Lipinski definition) is 0. The molecule has 0 bridgehead atoms. The molecule has 0 heterocycles. The molecule has 0 saturated carbocycles. The van der Waals surface area contributed by atoms with Crippen LogP contribution in [0.5, 0.6) is 0 Å². The van der Waals surface area contributed by atoms with Gasteiger partial charge in [-0.2, -0.15) is 0 Å². The van der Waals surface area contributed by atoms with Crippen LogP contribution in [-0.2, 0) is 4.74 Å². The third-order valence-electron chi connectivity index (χ3n) is 3.45. The molecule has 0 aliphatic heterocycles. The fraction of sp³-hybridized carbons (Fsp3) is 0.500. The maximum absolute atomic E-state index is 12.4. The topological polar surface area (TPSA) is 29.5 Å². The van der Waals surface area contributed by atoms with Crippen molar-refractivity contribution in [2.45, 2.75) is 39.7 Å². The zero-order valence-electron chi connectivity index (χ0n) is 13.4. The zero-order valence-corrected chi connectivity index (χ0v) is 13.4. The largest absolute Gasteiger partial charge is 0.441 e. The molecule has 0 aliphatic rings. The number of rotatable bonds is 8. The minimum atomic E-state index is -0.285. The molecule has 0 aromatic heterocycles. The molecule has 1 aromatic rings. The Bertz CT molecular complexity index is 424. The Hall–Kier alpha value is -1.77. The molecule has 3 heteroatoms. The number of ether oxygens (including phenoxy) is 1. The van der Waals surface area contributed by atoms with Crippen molar-refractivity contribution in [3.8, 4) is 0 Å². The molecule has 0 unspecified atom stereocenters. The van der Waals surface area contributed by atoms with Gasteiger partial charge in [0.15, 0.2) is 0 Å². The Kier molecular flexibility index (Phi) is 7.59. The van der Waals surface area contributed by atoms with E-state index in [9.17, 15) is 4.79 Å². The van der Waals surface area contributed by atoms with Crippen LogP contribution in [0.2, 0.25) is 0 Å². The van der Waals surface area contributed by atoms with Gasteiger partial charge in [0, 0.05) is 19.0 Å². The Morgan fingerprint density at radius 3 is 2.29 bits per heavy atom. The van der Waals surface area contributed by atoms with Gasteiger partial charge in [-0.15, -0.1) is 6.58 Å². The number of carbonyl (C=O) groups excluding carboxylic acids is 1. The van der Waals surface area contributed by atoms with Gasteiger partial charge in [0.05, 0.1) is 0 Å². The van der Waals surface area contributed by atoms with Crippen molar-refractivity contribution in [2.24, 2.45) is 5.92 Å². The monoisotopic (exact) mass is 289 g/mol. The standard InChI is InChI=1S/C18H27NO2/c1-5-13-19(14-6-2)18(20)21-17(15(4)7-3)16-11-9-8-10-12-16/h7-12,15,17H,3,5-6,13-14H2,1-2,4H3/t15-,17-/m0/s1. The van der Waals surface area contributed by atoms with Crippen LogP contribution in [0.15, 0.2) is 43.0 Å². The molecule has 0 aliphatic carbocycles. The van der Waals surface area contributed by atoms with E-state index in [0.717, 1.165) is 31.5 Å². The predicted molar refractivity (Wildman–Crippen MR) is 87.2 cm³/mol. The molecule has 0 spiro atoms. The van der Waals surface area contributed by atoms with E-state index in [0.29, 0.717) is 0 Å². The third-order valence-corrected chi connectivity index (χ3v) is 3.45. The van der Waals surface area contributed by atoms with Gasteiger partial charge in [0.1, 0.15) is 6.10 Å². The van der Waals surface area contributed by atoms with Crippen LogP contribution < -0.4 is 0 Å². The van der Waals surface area contributed by atoms with Crippen molar-refractivity contribution in [2.75, 3.05) is 13.1 Å². The first-order chi connectivity index (χ1) is 10.1. The van der Waals surface area contributed by atoms with Gasteiger partial charge in [0.25, 0.3) is 0 Å². The van der Waals surface area contributed by atoms with Crippen LogP contribution >= 0.6 is 0 Å². The van der Waals surface area contributed by atoms with Crippen molar-refractivity contribution in [1.82, 2.24) is 4.90 Å². The van der Waals surface area contributed by atoms with Gasteiger partial charge >= 0.3 is 6.09 Å². The van der Waals surface area contributed by atoms with Crippen LogP contribution in [0.1, 0.15) is 45.3 Å². The highest BCUT2D eigenvalue weighted by Crippen LogP contribution is 2.27. The highest BCUT2D eigenvalue weighted by molar-refractivity contribution is 5.68. The molecule has 1 amide bonds. The van der Waals surface area contributed by atoms with E-state index in [-0.39, 0.29) is 18.1 Å². The van der Waals surface area contributed by atoms with Gasteiger partial charge in [-0.25, -0.2) is 4.79 Å². The lowest BCUT2D eigenvalue weighted by Crippen LogP contribution is -2.34. The number of benzene rings is 1. The molecule has 21 heavy (non-hydrogen) atoms. The van der Waals surface area contributed by atoms with Crippen LogP contribution in [0.4, 0.5) is 4.79 Å². The molecule has 0 radical (unpaired) electrons. The first-order valence-electron chi connectivity index (χ1n) is 7.77. The minimum absolute atomic E-state index is 0.0708. The number of carbonyl (C=O) groups is 1. The smallest absolute Gasteiger partial charge is 0.410 e. The van der Waals surface area contributed by atoms with Crippen molar-refractivity contribution in [3.05, 3.63) is 48.6 Å². The Morgan fingerprint density at radius 2 is 1.81 bits per heavy atom. The average Bonchev–Trinajstić information content (AvgIpc) is 2.52. The second-order valence-corrected chi connectivity index (χ2v) is 5.30. The summed E-state index contributed by atoms with van der Waals surface area (Å²) in [4.78, 5) is 14.2. The molecule has 0 fully saturated rings. The lowest BCUT2D eigenvalue weighted by atomic mass is 9.97. The van der Waals surface area contributed by atoms with E-state index < -0.39 is 0 Å². The highest BCUT2D eigenvalue weighted by atomic mass is 16.6. The number of amides is 1. The summed E-state index contributed by atoms with van der Waals surface area (Å²) in [7, 11) is 0. The summed E-state index contributed by atoms with van der Waals surface area (Å²) in [5.41, 5.74) is 1.01.